The minimum atomic E-state index is -3.39. The minimum Gasteiger partial charge on any atom is -0.349 e. The fourth-order valence-electron chi connectivity index (χ4n) is 3.61. The van der Waals surface area contributed by atoms with E-state index in [2.05, 4.69) is 10.0 Å². The van der Waals surface area contributed by atoms with E-state index in [1.54, 1.807) is 6.07 Å². The van der Waals surface area contributed by atoms with Gasteiger partial charge in [0.1, 0.15) is 0 Å². The molecule has 0 saturated heterocycles. The summed E-state index contributed by atoms with van der Waals surface area (Å²) in [6.45, 7) is 0. The molecule has 2 saturated carbocycles. The van der Waals surface area contributed by atoms with E-state index >= 15 is 0 Å². The molecule has 22 heavy (non-hydrogen) atoms. The molecule has 3 rings (SSSR count). The molecule has 2 N–H and O–H groups in total. The Kier molecular flexibility index (Phi) is 4.07. The Morgan fingerprint density at radius 2 is 2.05 bits per heavy atom. The first-order chi connectivity index (χ1) is 10.3. The Morgan fingerprint density at radius 3 is 2.59 bits per heavy atom. The van der Waals surface area contributed by atoms with Gasteiger partial charge in [0.15, 0.2) is 0 Å². The monoisotopic (exact) mass is 342 g/mol. The van der Waals surface area contributed by atoms with Gasteiger partial charge in [-0.15, -0.1) is 0 Å². The SMILES string of the molecule is CS(=O)(=O)Nc1ccc(C(=O)N[C@H]2C[C@H]3CC[C@H]2C3)cc1Cl. The third kappa shape index (κ3) is 3.38. The standard InChI is InChI=1S/C15H19ClN2O3S/c1-22(20,21)18-13-5-4-11(8-12(13)16)15(19)17-14-7-9-2-3-10(14)6-9/h4-5,8-10,14,18H,2-3,6-7H2,1H3,(H,17,19)/t9-,10-,14-/m0/s1. The van der Waals surface area contributed by atoms with E-state index in [0.29, 0.717) is 11.5 Å². The predicted octanol–water partition coefficient (Wildman–Crippen LogP) is 2.63. The van der Waals surface area contributed by atoms with Crippen molar-refractivity contribution in [3.8, 4) is 0 Å². The van der Waals surface area contributed by atoms with E-state index in [0.717, 1.165) is 18.6 Å². The lowest BCUT2D eigenvalue weighted by atomic mass is 9.95. The van der Waals surface area contributed by atoms with Crippen LogP contribution in [0, 0.1) is 11.8 Å². The van der Waals surface area contributed by atoms with Crippen molar-refractivity contribution >= 4 is 33.2 Å². The Bertz CT molecular complexity index is 705. The average Bonchev–Trinajstić information content (AvgIpc) is 3.02. The van der Waals surface area contributed by atoms with Crippen LogP contribution in [-0.4, -0.2) is 26.6 Å². The average molecular weight is 343 g/mol. The summed E-state index contributed by atoms with van der Waals surface area (Å²) in [5.41, 5.74) is 0.729. The third-order valence-electron chi connectivity index (χ3n) is 4.58. The Balaban J connectivity index is 1.69. The molecular weight excluding hydrogens is 324 g/mol. The van der Waals surface area contributed by atoms with Crippen molar-refractivity contribution in [1.82, 2.24) is 5.32 Å². The molecule has 120 valence electrons. The molecule has 0 spiro atoms. The van der Waals surface area contributed by atoms with Crippen LogP contribution < -0.4 is 10.0 Å². The van der Waals surface area contributed by atoms with Crippen LogP contribution in [-0.2, 0) is 10.0 Å². The fraction of sp³-hybridized carbons (Fsp3) is 0.533. The summed E-state index contributed by atoms with van der Waals surface area (Å²) in [5.74, 6) is 1.22. The number of benzene rings is 1. The first-order valence-corrected chi connectivity index (χ1v) is 9.67. The maximum absolute atomic E-state index is 12.3. The summed E-state index contributed by atoms with van der Waals surface area (Å²) in [5, 5.41) is 3.30. The number of sulfonamides is 1. The second-order valence-electron chi connectivity index (χ2n) is 6.32. The van der Waals surface area contributed by atoms with Gasteiger partial charge in [-0.2, -0.15) is 0 Å². The van der Waals surface area contributed by atoms with E-state index in [1.165, 1.54) is 31.4 Å². The topological polar surface area (TPSA) is 75.3 Å². The number of nitrogens with one attached hydrogen (secondary N) is 2. The zero-order valence-corrected chi connectivity index (χ0v) is 13.9. The number of rotatable bonds is 4. The van der Waals surface area contributed by atoms with E-state index in [4.69, 9.17) is 11.6 Å². The van der Waals surface area contributed by atoms with Crippen LogP contribution in [0.3, 0.4) is 0 Å². The fourth-order valence-corrected chi connectivity index (χ4v) is 4.47. The van der Waals surface area contributed by atoms with Crippen molar-refractivity contribution < 1.29 is 13.2 Å². The smallest absolute Gasteiger partial charge is 0.251 e. The lowest BCUT2D eigenvalue weighted by Gasteiger charge is -2.23. The molecular formula is C15H19ClN2O3S. The summed E-state index contributed by atoms with van der Waals surface area (Å²) < 4.78 is 24.8. The zero-order chi connectivity index (χ0) is 15.9. The van der Waals surface area contributed by atoms with Gasteiger partial charge in [0, 0.05) is 11.6 Å². The number of amides is 1. The lowest BCUT2D eigenvalue weighted by molar-refractivity contribution is 0.0923. The minimum absolute atomic E-state index is 0.148. The van der Waals surface area contributed by atoms with Crippen LogP contribution in [0.1, 0.15) is 36.0 Å². The molecule has 5 nitrogen and oxygen atoms in total. The largest absolute Gasteiger partial charge is 0.349 e. The molecule has 2 fully saturated rings. The second-order valence-corrected chi connectivity index (χ2v) is 8.48. The van der Waals surface area contributed by atoms with Gasteiger partial charge in [-0.25, -0.2) is 8.42 Å². The number of halogens is 1. The Hall–Kier alpha value is -1.27. The first-order valence-electron chi connectivity index (χ1n) is 7.40. The first kappa shape index (κ1) is 15.6. The highest BCUT2D eigenvalue weighted by molar-refractivity contribution is 7.92. The van der Waals surface area contributed by atoms with Crippen molar-refractivity contribution in [3.05, 3.63) is 28.8 Å². The van der Waals surface area contributed by atoms with E-state index in [1.807, 2.05) is 0 Å². The highest BCUT2D eigenvalue weighted by atomic mass is 35.5. The highest BCUT2D eigenvalue weighted by Crippen LogP contribution is 2.44. The number of hydrogen-bond acceptors (Lipinski definition) is 3. The molecule has 2 aliphatic carbocycles. The molecule has 1 aromatic rings. The molecule has 7 heteroatoms. The predicted molar refractivity (Wildman–Crippen MR) is 86.6 cm³/mol. The molecule has 2 bridgehead atoms. The van der Waals surface area contributed by atoms with Crippen molar-refractivity contribution in [2.24, 2.45) is 11.8 Å². The van der Waals surface area contributed by atoms with E-state index < -0.39 is 10.0 Å². The van der Waals surface area contributed by atoms with Crippen LogP contribution >= 0.6 is 11.6 Å². The van der Waals surface area contributed by atoms with Gasteiger partial charge in [0.2, 0.25) is 10.0 Å². The molecule has 0 aliphatic heterocycles. The summed E-state index contributed by atoms with van der Waals surface area (Å²) in [6.07, 6.45) is 5.84. The van der Waals surface area contributed by atoms with Crippen LogP contribution in [0.2, 0.25) is 5.02 Å². The van der Waals surface area contributed by atoms with E-state index in [-0.39, 0.29) is 22.7 Å². The summed E-state index contributed by atoms with van der Waals surface area (Å²) in [7, 11) is -3.39. The molecule has 3 atom stereocenters. The molecule has 0 aromatic heterocycles. The van der Waals surface area contributed by atoms with Gasteiger partial charge < -0.3 is 5.32 Å². The molecule has 1 amide bonds. The van der Waals surface area contributed by atoms with Crippen molar-refractivity contribution in [1.29, 1.82) is 0 Å². The van der Waals surface area contributed by atoms with Gasteiger partial charge in [0.05, 0.1) is 17.0 Å². The number of fused-ring (bicyclic) bond motifs is 2. The van der Waals surface area contributed by atoms with Gasteiger partial charge >= 0.3 is 0 Å². The van der Waals surface area contributed by atoms with Crippen molar-refractivity contribution in [2.45, 2.75) is 31.7 Å². The maximum atomic E-state index is 12.3. The summed E-state index contributed by atoms with van der Waals surface area (Å²) >= 11 is 6.05. The lowest BCUT2D eigenvalue weighted by Crippen LogP contribution is -2.38. The number of carbonyl (C=O) groups is 1. The highest BCUT2D eigenvalue weighted by Gasteiger charge is 2.40. The van der Waals surface area contributed by atoms with Crippen LogP contribution in [0.25, 0.3) is 0 Å². The van der Waals surface area contributed by atoms with Gasteiger partial charge in [-0.3, -0.25) is 9.52 Å². The molecule has 0 radical (unpaired) electrons. The number of hydrogen-bond donors (Lipinski definition) is 2. The Morgan fingerprint density at radius 1 is 1.27 bits per heavy atom. The maximum Gasteiger partial charge on any atom is 0.251 e. The van der Waals surface area contributed by atoms with E-state index in [9.17, 15) is 13.2 Å². The van der Waals surface area contributed by atoms with Gasteiger partial charge in [0.25, 0.3) is 5.91 Å². The van der Waals surface area contributed by atoms with Crippen LogP contribution in [0.4, 0.5) is 5.69 Å². The summed E-state index contributed by atoms with van der Waals surface area (Å²) in [6, 6.07) is 4.86. The number of carbonyl (C=O) groups excluding carboxylic acids is 1. The van der Waals surface area contributed by atoms with Gasteiger partial charge in [-0.05, 0) is 49.3 Å². The van der Waals surface area contributed by atoms with Gasteiger partial charge in [-0.1, -0.05) is 18.0 Å². The normalized spacial score (nSPS) is 26.9. The van der Waals surface area contributed by atoms with Crippen LogP contribution in [0.5, 0.6) is 0 Å². The molecule has 1 aromatic carbocycles. The second kappa shape index (κ2) is 5.74. The van der Waals surface area contributed by atoms with Crippen LogP contribution in [0.15, 0.2) is 18.2 Å². The summed E-state index contributed by atoms with van der Waals surface area (Å²) in [4.78, 5) is 12.3. The zero-order valence-electron chi connectivity index (χ0n) is 12.3. The number of anilines is 1. The molecule has 0 unspecified atom stereocenters. The third-order valence-corrected chi connectivity index (χ3v) is 5.48. The Labute approximate surface area is 135 Å². The quantitative estimate of drug-likeness (QED) is 0.883. The molecule has 2 aliphatic rings. The molecule has 0 heterocycles. The van der Waals surface area contributed by atoms with Crippen molar-refractivity contribution in [2.75, 3.05) is 11.0 Å². The van der Waals surface area contributed by atoms with Crippen molar-refractivity contribution in [3.63, 3.8) is 0 Å².